The van der Waals surface area contributed by atoms with Gasteiger partial charge in [0, 0.05) is 11.1 Å². The molecule has 0 spiro atoms. The van der Waals surface area contributed by atoms with Gasteiger partial charge >= 0.3 is 0 Å². The average molecular weight is 246 g/mol. The molecule has 0 amide bonds. The molecular weight excluding hydrogens is 232 g/mol. The van der Waals surface area contributed by atoms with Crippen LogP contribution in [0.15, 0.2) is 48.5 Å². The number of benzene rings is 2. The highest BCUT2D eigenvalue weighted by Gasteiger charge is 1.97. The molecule has 0 unspecified atom stereocenters. The Morgan fingerprint density at radius 2 is 1.26 bits per heavy atom. The van der Waals surface area contributed by atoms with E-state index in [-0.39, 0.29) is 0 Å². The molecule has 2 aromatic rings. The fourth-order valence-electron chi connectivity index (χ4n) is 1.79. The summed E-state index contributed by atoms with van der Waals surface area (Å²) in [5, 5.41) is 0. The van der Waals surface area contributed by atoms with Crippen LogP contribution >= 0.6 is 0 Å². The van der Waals surface area contributed by atoms with E-state index >= 15 is 0 Å². The Bertz CT molecular complexity index is 584. The maximum Gasteiger partial charge on any atom is 0.0721 e. The molecule has 0 aliphatic rings. The van der Waals surface area contributed by atoms with Gasteiger partial charge in [-0.15, -0.1) is 12.8 Å². The Kier molecular flexibility index (Phi) is 4.40. The zero-order chi connectivity index (χ0) is 13.5. The van der Waals surface area contributed by atoms with Crippen LogP contribution in [-0.4, -0.2) is 0 Å². The molecule has 0 N–H and O–H groups in total. The lowest BCUT2D eigenvalue weighted by Crippen LogP contribution is -1.95. The van der Waals surface area contributed by atoms with Crippen LogP contribution in [0.5, 0.6) is 0 Å². The summed E-state index contributed by atoms with van der Waals surface area (Å²) in [4.78, 5) is 0. The smallest absolute Gasteiger partial charge is 0.0721 e. The average Bonchev–Trinajstić information content (AvgIpc) is 2.48. The highest BCUT2D eigenvalue weighted by Crippen LogP contribution is 2.09. The number of hydrogen-bond acceptors (Lipinski definition) is 1. The predicted molar refractivity (Wildman–Crippen MR) is 77.2 cm³/mol. The van der Waals surface area contributed by atoms with Gasteiger partial charge in [-0.25, -0.2) is 0 Å². The Balaban J connectivity index is 1.93. The van der Waals surface area contributed by atoms with E-state index in [1.807, 2.05) is 48.5 Å². The van der Waals surface area contributed by atoms with E-state index in [4.69, 9.17) is 17.6 Å². The summed E-state index contributed by atoms with van der Waals surface area (Å²) in [5.74, 6) is 5.23. The van der Waals surface area contributed by atoms with Crippen LogP contribution in [0.3, 0.4) is 0 Å². The van der Waals surface area contributed by atoms with Crippen LogP contribution in [0.2, 0.25) is 0 Å². The van der Waals surface area contributed by atoms with Gasteiger partial charge in [-0.2, -0.15) is 0 Å². The van der Waals surface area contributed by atoms with E-state index in [1.165, 1.54) is 0 Å². The lowest BCUT2D eigenvalue weighted by atomic mass is 10.1. The lowest BCUT2D eigenvalue weighted by molar-refractivity contribution is 0.107. The summed E-state index contributed by atoms with van der Waals surface area (Å²) in [7, 11) is 0. The van der Waals surface area contributed by atoms with Gasteiger partial charge in [-0.1, -0.05) is 36.1 Å². The van der Waals surface area contributed by atoms with Crippen molar-refractivity contribution < 1.29 is 4.74 Å². The molecule has 0 radical (unpaired) electrons. The third-order valence-corrected chi connectivity index (χ3v) is 2.72. The topological polar surface area (TPSA) is 9.23 Å². The molecule has 0 bridgehead atoms. The van der Waals surface area contributed by atoms with Crippen molar-refractivity contribution >= 4 is 0 Å². The highest BCUT2D eigenvalue weighted by atomic mass is 16.5. The van der Waals surface area contributed by atoms with E-state index < -0.39 is 0 Å². The van der Waals surface area contributed by atoms with Crippen LogP contribution in [0, 0.1) is 24.7 Å². The summed E-state index contributed by atoms with van der Waals surface area (Å²) >= 11 is 0. The van der Waals surface area contributed by atoms with E-state index in [2.05, 4.69) is 11.8 Å². The molecule has 0 saturated heterocycles. The van der Waals surface area contributed by atoms with E-state index in [9.17, 15) is 0 Å². The van der Waals surface area contributed by atoms with Gasteiger partial charge in [0.2, 0.25) is 0 Å². The fourth-order valence-corrected chi connectivity index (χ4v) is 1.79. The molecule has 0 atom stereocenters. The van der Waals surface area contributed by atoms with Crippen LogP contribution in [0.25, 0.3) is 0 Å². The first-order valence-corrected chi connectivity index (χ1v) is 6.00. The van der Waals surface area contributed by atoms with Crippen molar-refractivity contribution in [3.8, 4) is 24.7 Å². The summed E-state index contributed by atoms with van der Waals surface area (Å²) in [6.45, 7) is 1.08. The van der Waals surface area contributed by atoms with E-state index in [0.29, 0.717) is 13.2 Å². The Morgan fingerprint density at radius 1 is 0.789 bits per heavy atom. The molecule has 2 aromatic carbocycles. The Labute approximate surface area is 114 Å². The summed E-state index contributed by atoms with van der Waals surface area (Å²) < 4.78 is 5.67. The zero-order valence-corrected chi connectivity index (χ0v) is 10.6. The quantitative estimate of drug-likeness (QED) is 0.752. The van der Waals surface area contributed by atoms with Gasteiger partial charge < -0.3 is 4.74 Å². The van der Waals surface area contributed by atoms with Crippen molar-refractivity contribution in [3.63, 3.8) is 0 Å². The van der Waals surface area contributed by atoms with Crippen molar-refractivity contribution in [1.29, 1.82) is 0 Å². The van der Waals surface area contributed by atoms with Crippen LogP contribution in [0.4, 0.5) is 0 Å². The number of ether oxygens (including phenoxy) is 1. The summed E-state index contributed by atoms with van der Waals surface area (Å²) in [5.41, 5.74) is 3.89. The molecule has 0 fully saturated rings. The molecule has 0 saturated carbocycles. The SMILES string of the molecule is C#Cc1cccc(COCc2cccc(C#C)c2)c1. The largest absolute Gasteiger partial charge is 0.372 e. The maximum atomic E-state index is 5.67. The second kappa shape index (κ2) is 6.45. The number of hydrogen-bond donors (Lipinski definition) is 0. The first-order chi connectivity index (χ1) is 9.31. The van der Waals surface area contributed by atoms with Gasteiger partial charge in [-0.3, -0.25) is 0 Å². The molecule has 0 heterocycles. The normalized spacial score (nSPS) is 9.58. The zero-order valence-electron chi connectivity index (χ0n) is 10.6. The molecule has 2 rings (SSSR count). The van der Waals surface area contributed by atoms with Crippen molar-refractivity contribution in [2.75, 3.05) is 0 Å². The van der Waals surface area contributed by atoms with E-state index in [0.717, 1.165) is 22.3 Å². The predicted octanol–water partition coefficient (Wildman–Crippen LogP) is 3.37. The van der Waals surface area contributed by atoms with Gasteiger partial charge in [-0.05, 0) is 35.4 Å². The fraction of sp³-hybridized carbons (Fsp3) is 0.111. The maximum absolute atomic E-state index is 5.67. The minimum absolute atomic E-state index is 0.538. The number of rotatable bonds is 4. The molecule has 0 aliphatic carbocycles. The molecule has 0 aromatic heterocycles. The second-order valence-corrected chi connectivity index (χ2v) is 4.18. The molecule has 0 aliphatic heterocycles. The van der Waals surface area contributed by atoms with E-state index in [1.54, 1.807) is 0 Å². The van der Waals surface area contributed by atoms with Crippen LogP contribution in [0.1, 0.15) is 22.3 Å². The lowest BCUT2D eigenvalue weighted by Gasteiger charge is -2.05. The second-order valence-electron chi connectivity index (χ2n) is 4.18. The third-order valence-electron chi connectivity index (χ3n) is 2.72. The third kappa shape index (κ3) is 3.75. The Morgan fingerprint density at radius 3 is 1.68 bits per heavy atom. The van der Waals surface area contributed by atoms with Gasteiger partial charge in [0.25, 0.3) is 0 Å². The van der Waals surface area contributed by atoms with Crippen LogP contribution in [-0.2, 0) is 18.0 Å². The number of terminal acetylenes is 2. The first kappa shape index (κ1) is 13.0. The van der Waals surface area contributed by atoms with Crippen molar-refractivity contribution in [2.24, 2.45) is 0 Å². The minimum Gasteiger partial charge on any atom is -0.372 e. The molecular formula is C18H14O. The summed E-state index contributed by atoms with van der Waals surface area (Å²) in [6.07, 6.45) is 10.7. The molecule has 1 heteroatoms. The molecule has 1 nitrogen and oxygen atoms in total. The molecule has 92 valence electrons. The van der Waals surface area contributed by atoms with Gasteiger partial charge in [0.15, 0.2) is 0 Å². The standard InChI is InChI=1S/C18H14O/c1-3-15-7-5-9-17(11-15)13-19-14-18-10-6-8-16(4-2)12-18/h1-2,5-12H,13-14H2. The first-order valence-electron chi connectivity index (χ1n) is 6.00. The monoisotopic (exact) mass is 246 g/mol. The van der Waals surface area contributed by atoms with Crippen molar-refractivity contribution in [2.45, 2.75) is 13.2 Å². The van der Waals surface area contributed by atoms with Gasteiger partial charge in [0.05, 0.1) is 13.2 Å². The highest BCUT2D eigenvalue weighted by molar-refractivity contribution is 5.36. The molecule has 19 heavy (non-hydrogen) atoms. The van der Waals surface area contributed by atoms with Crippen molar-refractivity contribution in [3.05, 3.63) is 70.8 Å². The minimum atomic E-state index is 0.538. The Hall–Kier alpha value is -2.48. The van der Waals surface area contributed by atoms with Crippen molar-refractivity contribution in [1.82, 2.24) is 0 Å². The van der Waals surface area contributed by atoms with Crippen LogP contribution < -0.4 is 0 Å². The summed E-state index contributed by atoms with van der Waals surface area (Å²) in [6, 6.07) is 15.6. The van der Waals surface area contributed by atoms with Gasteiger partial charge in [0.1, 0.15) is 0 Å².